The van der Waals surface area contributed by atoms with E-state index < -0.39 is 0 Å². The molecule has 3 heteroatoms. The average Bonchev–Trinajstić information content (AvgIpc) is 2.36. The van der Waals surface area contributed by atoms with Gasteiger partial charge in [0, 0.05) is 27.2 Å². The van der Waals surface area contributed by atoms with Crippen LogP contribution in [0.1, 0.15) is 33.6 Å². The molecule has 0 fully saturated rings. The third kappa shape index (κ3) is 1.50. The van der Waals surface area contributed by atoms with Crippen LogP contribution in [0.4, 0.5) is 0 Å². The van der Waals surface area contributed by atoms with Crippen molar-refractivity contribution in [2.24, 2.45) is 0 Å². The van der Waals surface area contributed by atoms with Crippen molar-refractivity contribution in [1.82, 2.24) is 0 Å². The molecule has 3 rings (SSSR count). The summed E-state index contributed by atoms with van der Waals surface area (Å²) in [6.45, 7) is 0. The van der Waals surface area contributed by atoms with E-state index in [1.807, 2.05) is 6.08 Å². The first-order valence-corrected chi connectivity index (χ1v) is 5.95. The number of hydrogen-bond donors (Lipinski definition) is 1. The Kier molecular flexibility index (Phi) is 2.30. The van der Waals surface area contributed by atoms with Crippen LogP contribution in [0.5, 0.6) is 0 Å². The second-order valence-corrected chi connectivity index (χ2v) is 4.74. The van der Waals surface area contributed by atoms with E-state index in [0.717, 1.165) is 6.42 Å². The summed E-state index contributed by atoms with van der Waals surface area (Å²) in [7, 11) is 0. The van der Waals surface area contributed by atoms with Crippen molar-refractivity contribution in [2.45, 2.75) is 17.7 Å². The number of carbonyl (C=O) groups is 2. The Morgan fingerprint density at radius 3 is 2.71 bits per heavy atom. The van der Waals surface area contributed by atoms with Crippen LogP contribution in [-0.4, -0.2) is 11.6 Å². The van der Waals surface area contributed by atoms with Crippen molar-refractivity contribution in [3.8, 4) is 0 Å². The molecule has 0 aliphatic heterocycles. The van der Waals surface area contributed by atoms with Crippen molar-refractivity contribution >= 4 is 24.2 Å². The van der Waals surface area contributed by atoms with Crippen LogP contribution in [0, 0.1) is 0 Å². The van der Waals surface area contributed by atoms with Crippen LogP contribution in [0.3, 0.4) is 0 Å². The molecule has 0 radical (unpaired) electrons. The predicted octanol–water partition coefficient (Wildman–Crippen LogP) is 3.00. The fraction of sp³-hybridized carbons (Fsp3) is 0.143. The third-order valence-corrected chi connectivity index (χ3v) is 3.46. The molecule has 0 saturated heterocycles. The number of rotatable bonds is 0. The molecule has 0 unspecified atom stereocenters. The molecule has 0 bridgehead atoms. The third-order valence-electron chi connectivity index (χ3n) is 3.18. The minimum atomic E-state index is -0.0542. The number of hydrogen-bond acceptors (Lipinski definition) is 3. The molecule has 84 valence electrons. The Bertz CT molecular complexity index is 609. The zero-order valence-corrected chi connectivity index (χ0v) is 9.96. The number of carbonyl (C=O) groups excluding carboxylic acids is 2. The molecule has 17 heavy (non-hydrogen) atoms. The molecule has 2 aliphatic carbocycles. The lowest BCUT2D eigenvalue weighted by atomic mass is 9.80. The summed E-state index contributed by atoms with van der Waals surface area (Å²) in [5.74, 6) is -0.0614. The van der Waals surface area contributed by atoms with E-state index in [0.29, 0.717) is 33.6 Å². The van der Waals surface area contributed by atoms with Gasteiger partial charge in [-0.15, -0.1) is 12.6 Å². The molecule has 0 atom stereocenters. The van der Waals surface area contributed by atoms with Crippen molar-refractivity contribution in [3.63, 3.8) is 0 Å². The van der Waals surface area contributed by atoms with Crippen molar-refractivity contribution in [2.75, 3.05) is 0 Å². The number of ketones is 2. The highest BCUT2D eigenvalue weighted by molar-refractivity contribution is 7.80. The fourth-order valence-corrected chi connectivity index (χ4v) is 2.54. The zero-order valence-electron chi connectivity index (χ0n) is 9.06. The number of allylic oxidation sites excluding steroid dienone is 4. The molecule has 1 aromatic rings. The molecular weight excluding hydrogens is 232 g/mol. The normalized spacial score (nSPS) is 18.2. The van der Waals surface area contributed by atoms with Gasteiger partial charge in [-0.05, 0) is 31.0 Å². The highest BCUT2D eigenvalue weighted by Gasteiger charge is 2.31. The first kappa shape index (κ1) is 10.5. The van der Waals surface area contributed by atoms with Gasteiger partial charge in [0.25, 0.3) is 0 Å². The molecule has 0 heterocycles. The van der Waals surface area contributed by atoms with Crippen LogP contribution in [0.25, 0.3) is 0 Å². The lowest BCUT2D eigenvalue weighted by Crippen LogP contribution is -2.22. The minimum Gasteiger partial charge on any atom is -0.289 e. The summed E-state index contributed by atoms with van der Waals surface area (Å²) < 4.78 is 0. The van der Waals surface area contributed by atoms with E-state index in [4.69, 9.17) is 0 Å². The van der Waals surface area contributed by atoms with Crippen LogP contribution in [-0.2, 0) is 0 Å². The number of benzene rings is 1. The Balaban J connectivity index is 2.26. The fourth-order valence-electron chi connectivity index (χ4n) is 2.34. The summed E-state index contributed by atoms with van der Waals surface area (Å²) in [5, 5.41) is 0. The highest BCUT2D eigenvalue weighted by atomic mass is 32.1. The van der Waals surface area contributed by atoms with E-state index >= 15 is 0 Å². The summed E-state index contributed by atoms with van der Waals surface area (Å²) in [6, 6.07) is 5.11. The van der Waals surface area contributed by atoms with Gasteiger partial charge in [-0.25, -0.2) is 0 Å². The zero-order chi connectivity index (χ0) is 12.0. The summed E-state index contributed by atoms with van der Waals surface area (Å²) >= 11 is 4.21. The van der Waals surface area contributed by atoms with Crippen LogP contribution in [0.15, 0.2) is 46.4 Å². The van der Waals surface area contributed by atoms with Gasteiger partial charge in [0.1, 0.15) is 0 Å². The number of thiol groups is 1. The second-order valence-electron chi connectivity index (χ2n) is 4.22. The largest absolute Gasteiger partial charge is 0.289 e. The Labute approximate surface area is 104 Å². The van der Waals surface area contributed by atoms with Crippen molar-refractivity contribution in [3.05, 3.63) is 52.6 Å². The van der Waals surface area contributed by atoms with Crippen LogP contribution >= 0.6 is 12.6 Å². The number of fused-ring (bicyclic) bond motifs is 1. The van der Waals surface area contributed by atoms with E-state index in [-0.39, 0.29) is 11.6 Å². The van der Waals surface area contributed by atoms with Crippen molar-refractivity contribution < 1.29 is 9.59 Å². The maximum absolute atomic E-state index is 12.3. The Hall–Kier alpha value is -1.61. The van der Waals surface area contributed by atoms with Gasteiger partial charge in [-0.1, -0.05) is 12.2 Å². The predicted molar refractivity (Wildman–Crippen MR) is 67.8 cm³/mol. The molecule has 0 amide bonds. The molecule has 0 N–H and O–H groups in total. The first-order valence-electron chi connectivity index (χ1n) is 5.50. The standard InChI is InChI=1S/C14H10O2S/c15-13-9-3-1-2-4-10(9)14(16)12-7-8(17)5-6-11(12)13/h2,4-7,17H,1,3H2. The molecule has 0 saturated carbocycles. The second kappa shape index (κ2) is 3.70. The van der Waals surface area contributed by atoms with Gasteiger partial charge < -0.3 is 0 Å². The SMILES string of the molecule is O=C1C2=C(CCC=C2)C(=O)c2ccc(S)cc21. The molecule has 1 aromatic carbocycles. The molecule has 2 aliphatic rings. The lowest BCUT2D eigenvalue weighted by molar-refractivity contribution is 0.0973. The average molecular weight is 242 g/mol. The monoisotopic (exact) mass is 242 g/mol. The van der Waals surface area contributed by atoms with Crippen LogP contribution < -0.4 is 0 Å². The lowest BCUT2D eigenvalue weighted by Gasteiger charge is -2.21. The maximum Gasteiger partial charge on any atom is 0.194 e. The van der Waals surface area contributed by atoms with Gasteiger partial charge >= 0.3 is 0 Å². The molecule has 0 spiro atoms. The van der Waals surface area contributed by atoms with Gasteiger partial charge in [0.2, 0.25) is 0 Å². The number of Topliss-reactive ketones (excluding diaryl/α,β-unsaturated/α-hetero) is 2. The highest BCUT2D eigenvalue weighted by Crippen LogP contribution is 2.32. The summed E-state index contributed by atoms with van der Waals surface area (Å²) in [6.07, 6.45) is 5.21. The summed E-state index contributed by atoms with van der Waals surface area (Å²) in [5.41, 5.74) is 2.22. The quantitative estimate of drug-likeness (QED) is 0.710. The van der Waals surface area contributed by atoms with Crippen molar-refractivity contribution in [1.29, 1.82) is 0 Å². The van der Waals surface area contributed by atoms with Gasteiger partial charge in [-0.2, -0.15) is 0 Å². The van der Waals surface area contributed by atoms with Gasteiger partial charge in [-0.3, -0.25) is 9.59 Å². The summed E-state index contributed by atoms with van der Waals surface area (Å²) in [4.78, 5) is 25.2. The van der Waals surface area contributed by atoms with Gasteiger partial charge in [0.05, 0.1) is 0 Å². The topological polar surface area (TPSA) is 34.1 Å². The Morgan fingerprint density at radius 1 is 1.06 bits per heavy atom. The Morgan fingerprint density at radius 2 is 1.88 bits per heavy atom. The maximum atomic E-state index is 12.3. The minimum absolute atomic E-state index is 0.00715. The van der Waals surface area contributed by atoms with E-state index in [9.17, 15) is 9.59 Å². The van der Waals surface area contributed by atoms with Crippen LogP contribution in [0.2, 0.25) is 0 Å². The molecular formula is C14H10O2S. The van der Waals surface area contributed by atoms with E-state index in [1.165, 1.54) is 0 Å². The molecule has 2 nitrogen and oxygen atoms in total. The first-order chi connectivity index (χ1) is 8.18. The van der Waals surface area contributed by atoms with Gasteiger partial charge in [0.15, 0.2) is 11.6 Å². The smallest absolute Gasteiger partial charge is 0.194 e. The van der Waals surface area contributed by atoms with E-state index in [2.05, 4.69) is 12.6 Å². The molecule has 0 aromatic heterocycles. The van der Waals surface area contributed by atoms with E-state index in [1.54, 1.807) is 24.3 Å².